The molecular weight excluding hydrogens is 180 g/mol. The molecule has 70 valence electrons. The summed E-state index contributed by atoms with van der Waals surface area (Å²) in [4.78, 5) is 4.19. The molecule has 1 unspecified atom stereocenters. The fraction of sp³-hybridized carbons (Fsp3) is 0.500. The Balaban J connectivity index is 1.76. The number of allylic oxidation sites excluding steroid dienone is 2. The Hall–Kier alpha value is -0.830. The number of hydrogen-bond donors (Lipinski definition) is 1. The molecule has 1 aromatic rings. The maximum atomic E-state index is 4.19. The molecule has 1 aliphatic rings. The molecule has 1 N–H and O–H groups in total. The molecule has 13 heavy (non-hydrogen) atoms. The minimum atomic E-state index is 0.800. The summed E-state index contributed by atoms with van der Waals surface area (Å²) in [5, 5.41) is 6.42. The number of thiazole rings is 1. The summed E-state index contributed by atoms with van der Waals surface area (Å²) in [6, 6.07) is 0. The van der Waals surface area contributed by atoms with E-state index in [2.05, 4.69) is 22.5 Å². The maximum Gasteiger partial charge on any atom is 0.182 e. The van der Waals surface area contributed by atoms with Gasteiger partial charge in [0.05, 0.1) is 0 Å². The van der Waals surface area contributed by atoms with Crippen LogP contribution in [0, 0.1) is 5.92 Å². The monoisotopic (exact) mass is 194 g/mol. The van der Waals surface area contributed by atoms with Gasteiger partial charge in [0.2, 0.25) is 0 Å². The number of anilines is 1. The van der Waals surface area contributed by atoms with Gasteiger partial charge in [-0.15, -0.1) is 11.3 Å². The molecule has 0 fully saturated rings. The van der Waals surface area contributed by atoms with Gasteiger partial charge in [0.25, 0.3) is 0 Å². The van der Waals surface area contributed by atoms with E-state index in [1.54, 1.807) is 11.3 Å². The average Bonchev–Trinajstić information content (AvgIpc) is 2.69. The van der Waals surface area contributed by atoms with Crippen LogP contribution in [0.3, 0.4) is 0 Å². The van der Waals surface area contributed by atoms with Crippen LogP contribution in [0.4, 0.5) is 5.13 Å². The largest absolute Gasteiger partial charge is 0.361 e. The summed E-state index contributed by atoms with van der Waals surface area (Å²) in [6.07, 6.45) is 10.2. The summed E-state index contributed by atoms with van der Waals surface area (Å²) in [5.74, 6) is 0.800. The van der Waals surface area contributed by atoms with E-state index in [4.69, 9.17) is 0 Å². The Kier molecular flexibility index (Phi) is 2.98. The van der Waals surface area contributed by atoms with Gasteiger partial charge in [-0.25, -0.2) is 4.98 Å². The van der Waals surface area contributed by atoms with Crippen molar-refractivity contribution in [2.45, 2.75) is 19.3 Å². The lowest BCUT2D eigenvalue weighted by molar-refractivity contribution is 0.504. The van der Waals surface area contributed by atoms with E-state index in [-0.39, 0.29) is 0 Å². The molecule has 1 atom stereocenters. The minimum Gasteiger partial charge on any atom is -0.361 e. The number of rotatable bonds is 3. The number of aromatic nitrogens is 1. The van der Waals surface area contributed by atoms with Crippen molar-refractivity contribution in [3.63, 3.8) is 0 Å². The van der Waals surface area contributed by atoms with E-state index in [1.165, 1.54) is 19.3 Å². The van der Waals surface area contributed by atoms with Gasteiger partial charge in [0.15, 0.2) is 5.13 Å². The lowest BCUT2D eigenvalue weighted by Gasteiger charge is -2.17. The zero-order chi connectivity index (χ0) is 8.93. The summed E-state index contributed by atoms with van der Waals surface area (Å²) in [7, 11) is 0. The fourth-order valence-corrected chi connectivity index (χ4v) is 2.12. The third kappa shape index (κ3) is 2.56. The molecule has 1 heterocycles. The van der Waals surface area contributed by atoms with Crippen molar-refractivity contribution >= 4 is 16.5 Å². The molecule has 0 bridgehead atoms. The first-order chi connectivity index (χ1) is 6.45. The molecule has 1 aromatic heterocycles. The standard InChI is InChI=1S/C10H14N2S/c1-2-4-9(5-3-1)8-12-10-11-6-7-13-10/h1-2,6-7,9H,3-5,8H2,(H,11,12). The number of hydrogen-bond acceptors (Lipinski definition) is 3. The lowest BCUT2D eigenvalue weighted by Crippen LogP contribution is -2.15. The van der Waals surface area contributed by atoms with Crippen molar-refractivity contribution in [2.75, 3.05) is 11.9 Å². The third-order valence-corrected chi connectivity index (χ3v) is 3.08. The first kappa shape index (κ1) is 8.75. The first-order valence-electron chi connectivity index (χ1n) is 4.73. The Morgan fingerprint density at radius 2 is 2.54 bits per heavy atom. The molecule has 0 amide bonds. The van der Waals surface area contributed by atoms with Gasteiger partial charge in [-0.2, -0.15) is 0 Å². The molecule has 2 rings (SSSR count). The average molecular weight is 194 g/mol. The zero-order valence-electron chi connectivity index (χ0n) is 7.57. The van der Waals surface area contributed by atoms with Gasteiger partial charge in [-0.1, -0.05) is 12.2 Å². The molecule has 0 aromatic carbocycles. The minimum absolute atomic E-state index is 0.800. The van der Waals surface area contributed by atoms with Crippen LogP contribution in [0.5, 0.6) is 0 Å². The van der Waals surface area contributed by atoms with Gasteiger partial charge in [0, 0.05) is 18.1 Å². The Morgan fingerprint density at radius 1 is 1.54 bits per heavy atom. The van der Waals surface area contributed by atoms with Crippen LogP contribution in [-0.2, 0) is 0 Å². The Bertz CT molecular complexity index is 266. The van der Waals surface area contributed by atoms with E-state index >= 15 is 0 Å². The van der Waals surface area contributed by atoms with Crippen molar-refractivity contribution in [3.8, 4) is 0 Å². The quantitative estimate of drug-likeness (QED) is 0.748. The maximum absolute atomic E-state index is 4.19. The second-order valence-electron chi connectivity index (χ2n) is 3.37. The third-order valence-electron chi connectivity index (χ3n) is 2.35. The Labute approximate surface area is 82.7 Å². The van der Waals surface area contributed by atoms with E-state index in [9.17, 15) is 0 Å². The second-order valence-corrected chi connectivity index (χ2v) is 4.26. The van der Waals surface area contributed by atoms with Crippen molar-refractivity contribution in [1.29, 1.82) is 0 Å². The van der Waals surface area contributed by atoms with Crippen LogP contribution in [0.25, 0.3) is 0 Å². The van der Waals surface area contributed by atoms with E-state index < -0.39 is 0 Å². The molecule has 3 heteroatoms. The van der Waals surface area contributed by atoms with E-state index in [0.29, 0.717) is 0 Å². The summed E-state index contributed by atoms with van der Waals surface area (Å²) < 4.78 is 0. The highest BCUT2D eigenvalue weighted by atomic mass is 32.1. The molecule has 0 saturated carbocycles. The molecule has 0 spiro atoms. The van der Waals surface area contributed by atoms with Crippen LogP contribution in [0.15, 0.2) is 23.7 Å². The number of nitrogens with one attached hydrogen (secondary N) is 1. The highest BCUT2D eigenvalue weighted by molar-refractivity contribution is 7.13. The summed E-state index contributed by atoms with van der Waals surface area (Å²) >= 11 is 1.67. The predicted octanol–water partition coefficient (Wildman–Crippen LogP) is 2.91. The smallest absolute Gasteiger partial charge is 0.182 e. The molecule has 0 radical (unpaired) electrons. The van der Waals surface area contributed by atoms with Gasteiger partial charge >= 0.3 is 0 Å². The fourth-order valence-electron chi connectivity index (χ4n) is 1.58. The normalized spacial score (nSPS) is 21.7. The van der Waals surface area contributed by atoms with Crippen LogP contribution >= 0.6 is 11.3 Å². The zero-order valence-corrected chi connectivity index (χ0v) is 8.39. The Morgan fingerprint density at radius 3 is 3.23 bits per heavy atom. The van der Waals surface area contributed by atoms with Crippen molar-refractivity contribution in [3.05, 3.63) is 23.7 Å². The van der Waals surface area contributed by atoms with Crippen molar-refractivity contribution < 1.29 is 0 Å². The highest BCUT2D eigenvalue weighted by Crippen LogP contribution is 2.19. The molecule has 0 aliphatic heterocycles. The predicted molar refractivity (Wildman–Crippen MR) is 57.1 cm³/mol. The second kappa shape index (κ2) is 4.42. The topological polar surface area (TPSA) is 24.9 Å². The summed E-state index contributed by atoms with van der Waals surface area (Å²) in [6.45, 7) is 1.07. The first-order valence-corrected chi connectivity index (χ1v) is 5.61. The SMILES string of the molecule is C1=CCC(CNc2nccs2)CC1. The highest BCUT2D eigenvalue weighted by Gasteiger charge is 2.09. The van der Waals surface area contributed by atoms with Crippen molar-refractivity contribution in [1.82, 2.24) is 4.98 Å². The van der Waals surface area contributed by atoms with Gasteiger partial charge in [-0.05, 0) is 25.2 Å². The summed E-state index contributed by atoms with van der Waals surface area (Å²) in [5.41, 5.74) is 0. The van der Waals surface area contributed by atoms with E-state index in [0.717, 1.165) is 17.6 Å². The van der Waals surface area contributed by atoms with Gasteiger partial charge in [-0.3, -0.25) is 0 Å². The molecular formula is C10H14N2S. The van der Waals surface area contributed by atoms with E-state index in [1.807, 2.05) is 11.6 Å². The van der Waals surface area contributed by atoms with Crippen molar-refractivity contribution in [2.24, 2.45) is 5.92 Å². The van der Waals surface area contributed by atoms with Gasteiger partial charge in [0.1, 0.15) is 0 Å². The van der Waals surface area contributed by atoms with Crippen LogP contribution in [0.2, 0.25) is 0 Å². The van der Waals surface area contributed by atoms with Gasteiger partial charge < -0.3 is 5.32 Å². The molecule has 2 nitrogen and oxygen atoms in total. The lowest BCUT2D eigenvalue weighted by atomic mass is 9.95. The molecule has 0 saturated heterocycles. The van der Waals surface area contributed by atoms with Crippen LogP contribution in [0.1, 0.15) is 19.3 Å². The van der Waals surface area contributed by atoms with Crippen LogP contribution in [-0.4, -0.2) is 11.5 Å². The van der Waals surface area contributed by atoms with Crippen LogP contribution < -0.4 is 5.32 Å². The number of nitrogens with zero attached hydrogens (tertiary/aromatic N) is 1. The molecule has 1 aliphatic carbocycles.